The lowest BCUT2D eigenvalue weighted by molar-refractivity contribution is 0.312. The molecule has 0 saturated carbocycles. The third-order valence-corrected chi connectivity index (χ3v) is 4.79. The summed E-state index contributed by atoms with van der Waals surface area (Å²) in [7, 11) is 3.72. The molecular weight excluding hydrogens is 491 g/mol. The van der Waals surface area contributed by atoms with Crippen molar-refractivity contribution >= 4 is 53.0 Å². The van der Waals surface area contributed by atoms with E-state index < -0.39 is 0 Å². The van der Waals surface area contributed by atoms with Gasteiger partial charge in [-0.2, -0.15) is 0 Å². The first-order valence-electron chi connectivity index (χ1n) is 8.84. The summed E-state index contributed by atoms with van der Waals surface area (Å²) < 4.78 is 5.14. The molecule has 0 unspecified atom stereocenters. The van der Waals surface area contributed by atoms with Crippen LogP contribution >= 0.6 is 35.6 Å². The van der Waals surface area contributed by atoms with E-state index in [1.165, 1.54) is 0 Å². The first kappa shape index (κ1) is 22.5. The van der Waals surface area contributed by atoms with Gasteiger partial charge in [-0.1, -0.05) is 11.6 Å². The molecule has 3 N–H and O–H groups in total. The minimum absolute atomic E-state index is 0. The van der Waals surface area contributed by atoms with E-state index in [9.17, 15) is 0 Å². The van der Waals surface area contributed by atoms with Crippen molar-refractivity contribution in [3.05, 3.63) is 47.1 Å². The van der Waals surface area contributed by atoms with Gasteiger partial charge >= 0.3 is 0 Å². The van der Waals surface area contributed by atoms with Gasteiger partial charge in [-0.25, -0.2) is 9.98 Å². The third-order valence-electron chi connectivity index (χ3n) is 4.49. The Bertz CT molecular complexity index is 811. The number of guanidine groups is 1. The predicted molar refractivity (Wildman–Crippen MR) is 126 cm³/mol. The highest BCUT2D eigenvalue weighted by atomic mass is 127. The Morgan fingerprint density at radius 2 is 2.00 bits per heavy atom. The van der Waals surface area contributed by atoms with E-state index in [1.807, 2.05) is 18.3 Å². The Morgan fingerprint density at radius 3 is 2.68 bits per heavy atom. The van der Waals surface area contributed by atoms with Crippen LogP contribution < -0.4 is 20.7 Å². The second-order valence-electron chi connectivity index (χ2n) is 6.49. The summed E-state index contributed by atoms with van der Waals surface area (Å²) >= 11 is 6.13. The molecule has 0 amide bonds. The molecular formula is C19H26ClIN6O. The van der Waals surface area contributed by atoms with E-state index in [-0.39, 0.29) is 24.0 Å². The highest BCUT2D eigenvalue weighted by Gasteiger charge is 2.15. The van der Waals surface area contributed by atoms with Crippen molar-refractivity contribution in [1.82, 2.24) is 9.88 Å². The fourth-order valence-corrected chi connectivity index (χ4v) is 3.13. The summed E-state index contributed by atoms with van der Waals surface area (Å²) in [4.78, 5) is 13.5. The Morgan fingerprint density at radius 1 is 1.25 bits per heavy atom. The number of aromatic nitrogens is 1. The van der Waals surface area contributed by atoms with E-state index in [0.29, 0.717) is 23.3 Å². The molecule has 1 aliphatic rings. The minimum Gasteiger partial charge on any atom is -0.495 e. The van der Waals surface area contributed by atoms with E-state index >= 15 is 0 Å². The number of halogens is 2. The minimum atomic E-state index is 0. The molecule has 0 spiro atoms. The number of nitrogens with one attached hydrogen (secondary N) is 1. The summed E-state index contributed by atoms with van der Waals surface area (Å²) in [5.74, 6) is 1.93. The SMILES string of the molecule is COc1ccc(NC(N)=NCc2ccnc(N3CCN(C)CC3)c2)cc1Cl.I. The maximum atomic E-state index is 6.13. The molecule has 1 saturated heterocycles. The number of methoxy groups -OCH3 is 1. The molecule has 1 aromatic heterocycles. The number of nitrogens with two attached hydrogens (primary N) is 1. The average molecular weight is 517 g/mol. The summed E-state index contributed by atoms with van der Waals surface area (Å²) in [5, 5.41) is 3.56. The number of hydrogen-bond acceptors (Lipinski definition) is 5. The highest BCUT2D eigenvalue weighted by Crippen LogP contribution is 2.27. The summed E-state index contributed by atoms with van der Waals surface area (Å²) in [6.45, 7) is 4.54. The molecule has 0 atom stereocenters. The van der Waals surface area contributed by atoms with Crippen molar-refractivity contribution in [1.29, 1.82) is 0 Å². The van der Waals surface area contributed by atoms with Gasteiger partial charge in [0.05, 0.1) is 18.7 Å². The van der Waals surface area contributed by atoms with Gasteiger partial charge in [0.25, 0.3) is 0 Å². The third kappa shape index (κ3) is 6.11. The van der Waals surface area contributed by atoms with Crippen molar-refractivity contribution in [2.24, 2.45) is 10.7 Å². The number of nitrogens with zero attached hydrogens (tertiary/aromatic N) is 4. The van der Waals surface area contributed by atoms with Crippen molar-refractivity contribution in [2.75, 3.05) is 50.6 Å². The van der Waals surface area contributed by atoms with E-state index in [0.717, 1.165) is 43.2 Å². The number of likely N-dealkylation sites (N-methyl/N-ethyl adjacent to an activating group) is 1. The van der Waals surface area contributed by atoms with Crippen LogP contribution in [0.2, 0.25) is 5.02 Å². The molecule has 1 aliphatic heterocycles. The van der Waals surface area contributed by atoms with Gasteiger partial charge in [0.1, 0.15) is 11.6 Å². The monoisotopic (exact) mass is 516 g/mol. The smallest absolute Gasteiger partial charge is 0.193 e. The molecule has 0 aliphatic carbocycles. The molecule has 1 aromatic carbocycles. The van der Waals surface area contributed by atoms with Gasteiger partial charge in [-0.05, 0) is 42.9 Å². The molecule has 28 heavy (non-hydrogen) atoms. The van der Waals surface area contributed by atoms with Crippen LogP contribution in [0.1, 0.15) is 5.56 Å². The number of ether oxygens (including phenoxy) is 1. The zero-order chi connectivity index (χ0) is 19.2. The number of piperazine rings is 1. The molecule has 2 heterocycles. The van der Waals surface area contributed by atoms with Gasteiger partial charge in [0.2, 0.25) is 0 Å². The van der Waals surface area contributed by atoms with Gasteiger partial charge in [-0.3, -0.25) is 0 Å². The van der Waals surface area contributed by atoms with Crippen LogP contribution in [-0.2, 0) is 6.54 Å². The van der Waals surface area contributed by atoms with Crippen molar-refractivity contribution in [3.63, 3.8) is 0 Å². The van der Waals surface area contributed by atoms with Crippen LogP contribution in [-0.4, -0.2) is 56.2 Å². The maximum absolute atomic E-state index is 6.13. The average Bonchev–Trinajstić information content (AvgIpc) is 2.67. The summed E-state index contributed by atoms with van der Waals surface area (Å²) in [5.41, 5.74) is 7.83. The summed E-state index contributed by atoms with van der Waals surface area (Å²) in [6.07, 6.45) is 1.82. The molecule has 2 aromatic rings. The molecule has 152 valence electrons. The number of benzene rings is 1. The lowest BCUT2D eigenvalue weighted by Crippen LogP contribution is -2.44. The van der Waals surface area contributed by atoms with E-state index in [1.54, 1.807) is 19.2 Å². The second kappa shape index (κ2) is 10.7. The summed E-state index contributed by atoms with van der Waals surface area (Å²) in [6, 6.07) is 9.40. The normalized spacial score (nSPS) is 15.1. The zero-order valence-electron chi connectivity index (χ0n) is 16.1. The number of rotatable bonds is 5. The first-order chi connectivity index (χ1) is 13.0. The number of aliphatic imine (C=N–C) groups is 1. The zero-order valence-corrected chi connectivity index (χ0v) is 19.1. The predicted octanol–water partition coefficient (Wildman–Crippen LogP) is 3.04. The topological polar surface area (TPSA) is 79.0 Å². The number of hydrogen-bond donors (Lipinski definition) is 2. The second-order valence-corrected chi connectivity index (χ2v) is 6.90. The van der Waals surface area contributed by atoms with E-state index in [4.69, 9.17) is 22.1 Å². The Kier molecular flexibility index (Phi) is 8.58. The standard InChI is InChI=1S/C19H25ClN6O.HI/c1-25-7-9-26(10-8-25)18-11-14(5-6-22-18)13-23-19(21)24-15-3-4-17(27-2)16(20)12-15;/h3-6,11-12H,7-10,13H2,1-2H3,(H3,21,23,24);1H. The fourth-order valence-electron chi connectivity index (χ4n) is 2.88. The largest absolute Gasteiger partial charge is 0.495 e. The molecule has 1 fully saturated rings. The Labute approximate surface area is 187 Å². The molecule has 3 rings (SSSR count). The van der Waals surface area contributed by atoms with Gasteiger partial charge in [0, 0.05) is 38.1 Å². The van der Waals surface area contributed by atoms with Gasteiger partial charge in [-0.15, -0.1) is 24.0 Å². The Hall–Kier alpha value is -1.78. The lowest BCUT2D eigenvalue weighted by atomic mass is 10.2. The van der Waals surface area contributed by atoms with Crippen LogP contribution in [0.3, 0.4) is 0 Å². The van der Waals surface area contributed by atoms with Crippen LogP contribution in [0.4, 0.5) is 11.5 Å². The fraction of sp³-hybridized carbons (Fsp3) is 0.368. The van der Waals surface area contributed by atoms with Crippen molar-refractivity contribution in [2.45, 2.75) is 6.54 Å². The molecule has 9 heteroatoms. The van der Waals surface area contributed by atoms with Gasteiger partial charge in [0.15, 0.2) is 5.96 Å². The molecule has 0 bridgehead atoms. The van der Waals surface area contributed by atoms with Crippen LogP contribution in [0.15, 0.2) is 41.5 Å². The highest BCUT2D eigenvalue weighted by molar-refractivity contribution is 14.0. The van der Waals surface area contributed by atoms with Crippen LogP contribution in [0, 0.1) is 0 Å². The molecule has 0 radical (unpaired) electrons. The maximum Gasteiger partial charge on any atom is 0.193 e. The van der Waals surface area contributed by atoms with Crippen LogP contribution in [0.5, 0.6) is 5.75 Å². The van der Waals surface area contributed by atoms with Crippen LogP contribution in [0.25, 0.3) is 0 Å². The number of anilines is 2. The molecule has 7 nitrogen and oxygen atoms in total. The Balaban J connectivity index is 0.00000280. The van der Waals surface area contributed by atoms with Gasteiger partial charge < -0.3 is 25.6 Å². The van der Waals surface area contributed by atoms with E-state index in [2.05, 4.69) is 38.2 Å². The quantitative estimate of drug-likeness (QED) is 0.361. The first-order valence-corrected chi connectivity index (χ1v) is 9.22. The number of pyridine rings is 1. The van der Waals surface area contributed by atoms with Crippen molar-refractivity contribution < 1.29 is 4.74 Å². The lowest BCUT2D eigenvalue weighted by Gasteiger charge is -2.33. The van der Waals surface area contributed by atoms with Crippen molar-refractivity contribution in [3.8, 4) is 5.75 Å².